The molecule has 122 valence electrons. The van der Waals surface area contributed by atoms with Gasteiger partial charge in [-0.1, -0.05) is 26.0 Å². The van der Waals surface area contributed by atoms with Crippen molar-refractivity contribution in [3.63, 3.8) is 0 Å². The number of amides is 1. The van der Waals surface area contributed by atoms with Crippen molar-refractivity contribution < 1.29 is 9.53 Å². The Balaban J connectivity index is 1.53. The van der Waals surface area contributed by atoms with Gasteiger partial charge in [0.2, 0.25) is 0 Å². The zero-order chi connectivity index (χ0) is 16.2. The molecule has 1 amide bonds. The van der Waals surface area contributed by atoms with Gasteiger partial charge in [-0.05, 0) is 49.3 Å². The molecule has 0 bridgehead atoms. The van der Waals surface area contributed by atoms with Crippen LogP contribution < -0.4 is 10.1 Å². The number of benzene rings is 1. The summed E-state index contributed by atoms with van der Waals surface area (Å²) in [6, 6.07) is 7.83. The second-order valence-electron chi connectivity index (χ2n) is 6.07. The molecular formula is C18H22N2O2S. The molecule has 0 aliphatic heterocycles. The zero-order valence-corrected chi connectivity index (χ0v) is 14.4. The fourth-order valence-corrected chi connectivity index (χ4v) is 3.91. The third-order valence-electron chi connectivity index (χ3n) is 4.13. The smallest absolute Gasteiger partial charge is 0.264 e. The lowest BCUT2D eigenvalue weighted by atomic mass is 9.93. The summed E-state index contributed by atoms with van der Waals surface area (Å²) in [4.78, 5) is 17.9. The maximum absolute atomic E-state index is 12.0. The largest absolute Gasteiger partial charge is 0.484 e. The van der Waals surface area contributed by atoms with Gasteiger partial charge < -0.3 is 4.74 Å². The number of nitrogens with zero attached hydrogens (tertiary/aromatic N) is 1. The maximum atomic E-state index is 12.0. The number of rotatable bonds is 5. The topological polar surface area (TPSA) is 51.2 Å². The van der Waals surface area contributed by atoms with E-state index in [2.05, 4.69) is 24.1 Å². The van der Waals surface area contributed by atoms with Gasteiger partial charge in [0, 0.05) is 4.88 Å². The minimum atomic E-state index is -0.163. The quantitative estimate of drug-likeness (QED) is 0.906. The number of anilines is 1. The number of hydrogen-bond donors (Lipinski definition) is 1. The molecule has 0 fully saturated rings. The first-order valence-electron chi connectivity index (χ1n) is 8.14. The molecule has 1 aliphatic rings. The van der Waals surface area contributed by atoms with Crippen molar-refractivity contribution in [1.29, 1.82) is 0 Å². The summed E-state index contributed by atoms with van der Waals surface area (Å²) in [6.07, 6.45) is 4.27. The molecule has 3 rings (SSSR count). The normalized spacial score (nSPS) is 16.7. The first-order chi connectivity index (χ1) is 11.1. The fraction of sp³-hybridized carbons (Fsp3) is 0.444. The first-order valence-corrected chi connectivity index (χ1v) is 8.96. The Morgan fingerprint density at radius 1 is 1.39 bits per heavy atom. The summed E-state index contributed by atoms with van der Waals surface area (Å²) in [5.74, 6) is 1.26. The van der Waals surface area contributed by atoms with E-state index in [-0.39, 0.29) is 12.5 Å². The third kappa shape index (κ3) is 4.10. The third-order valence-corrected chi connectivity index (χ3v) is 5.17. The molecule has 0 saturated carbocycles. The van der Waals surface area contributed by atoms with Gasteiger partial charge in [-0.15, -0.1) is 11.3 Å². The number of hydrogen-bond acceptors (Lipinski definition) is 4. The predicted octanol–water partition coefficient (Wildman–Crippen LogP) is 3.85. The van der Waals surface area contributed by atoms with Crippen molar-refractivity contribution in [2.24, 2.45) is 5.92 Å². The van der Waals surface area contributed by atoms with E-state index in [1.165, 1.54) is 16.9 Å². The lowest BCUT2D eigenvalue weighted by Gasteiger charge is -2.15. The summed E-state index contributed by atoms with van der Waals surface area (Å²) in [5, 5.41) is 3.54. The summed E-state index contributed by atoms with van der Waals surface area (Å²) in [5.41, 5.74) is 2.41. The van der Waals surface area contributed by atoms with E-state index < -0.39 is 0 Å². The van der Waals surface area contributed by atoms with Gasteiger partial charge >= 0.3 is 0 Å². The van der Waals surface area contributed by atoms with E-state index >= 15 is 0 Å². The van der Waals surface area contributed by atoms with Crippen molar-refractivity contribution in [2.45, 2.75) is 39.5 Å². The number of fused-ring (bicyclic) bond motifs is 1. The average molecular weight is 330 g/mol. The minimum absolute atomic E-state index is 0.00607. The van der Waals surface area contributed by atoms with Crippen molar-refractivity contribution in [1.82, 2.24) is 4.98 Å². The molecule has 1 aromatic heterocycles. The number of nitrogens with one attached hydrogen (secondary N) is 1. The Labute approximate surface area is 140 Å². The van der Waals surface area contributed by atoms with Crippen LogP contribution in [0, 0.1) is 5.92 Å². The van der Waals surface area contributed by atoms with Crippen LogP contribution in [0.15, 0.2) is 24.3 Å². The predicted molar refractivity (Wildman–Crippen MR) is 93.2 cm³/mol. The molecule has 1 atom stereocenters. The van der Waals surface area contributed by atoms with E-state index in [0.717, 1.165) is 25.0 Å². The van der Waals surface area contributed by atoms with Crippen LogP contribution in [0.2, 0.25) is 0 Å². The molecule has 5 heteroatoms. The maximum Gasteiger partial charge on any atom is 0.264 e. The molecule has 1 aromatic carbocycles. The van der Waals surface area contributed by atoms with E-state index in [1.54, 1.807) is 11.3 Å². The van der Waals surface area contributed by atoms with Crippen molar-refractivity contribution >= 4 is 22.4 Å². The second kappa shape index (κ2) is 7.13. The van der Waals surface area contributed by atoms with Crippen LogP contribution in [0.3, 0.4) is 0 Å². The molecule has 1 unspecified atom stereocenters. The number of carbonyl (C=O) groups is 1. The van der Waals surface area contributed by atoms with E-state index in [1.807, 2.05) is 24.3 Å². The lowest BCUT2D eigenvalue weighted by Crippen LogP contribution is -2.20. The van der Waals surface area contributed by atoms with Crippen LogP contribution in [0.4, 0.5) is 5.13 Å². The highest BCUT2D eigenvalue weighted by Crippen LogP contribution is 2.32. The van der Waals surface area contributed by atoms with Crippen LogP contribution in [0.1, 0.15) is 36.4 Å². The molecule has 0 saturated heterocycles. The van der Waals surface area contributed by atoms with Crippen molar-refractivity contribution in [3.05, 3.63) is 40.4 Å². The van der Waals surface area contributed by atoms with Gasteiger partial charge in [-0.3, -0.25) is 10.1 Å². The number of aromatic nitrogens is 1. The van der Waals surface area contributed by atoms with Gasteiger partial charge in [-0.2, -0.15) is 0 Å². The number of ether oxygens (including phenoxy) is 1. The Morgan fingerprint density at radius 3 is 2.91 bits per heavy atom. The van der Waals surface area contributed by atoms with Crippen LogP contribution in [-0.2, 0) is 24.1 Å². The monoisotopic (exact) mass is 330 g/mol. The average Bonchev–Trinajstić information content (AvgIpc) is 2.94. The molecule has 23 heavy (non-hydrogen) atoms. The molecular weight excluding hydrogens is 308 g/mol. The minimum Gasteiger partial charge on any atom is -0.484 e. The van der Waals surface area contributed by atoms with E-state index in [0.29, 0.717) is 16.8 Å². The molecule has 1 heterocycles. The lowest BCUT2D eigenvalue weighted by molar-refractivity contribution is -0.118. The summed E-state index contributed by atoms with van der Waals surface area (Å²) in [6.45, 7) is 4.38. The van der Waals surface area contributed by atoms with Gasteiger partial charge in [0.25, 0.3) is 5.91 Å². The first kappa shape index (κ1) is 16.0. The van der Waals surface area contributed by atoms with E-state index in [4.69, 9.17) is 4.74 Å². The Hall–Kier alpha value is -1.88. The van der Waals surface area contributed by atoms with Gasteiger partial charge in [0.15, 0.2) is 11.7 Å². The number of carbonyl (C=O) groups excluding carboxylic acids is 1. The van der Waals surface area contributed by atoms with Crippen molar-refractivity contribution in [3.8, 4) is 5.75 Å². The van der Waals surface area contributed by atoms with Gasteiger partial charge in [-0.25, -0.2) is 4.98 Å². The van der Waals surface area contributed by atoms with E-state index in [9.17, 15) is 4.79 Å². The van der Waals surface area contributed by atoms with Crippen LogP contribution in [0.25, 0.3) is 0 Å². The van der Waals surface area contributed by atoms with Crippen LogP contribution in [-0.4, -0.2) is 17.5 Å². The second-order valence-corrected chi connectivity index (χ2v) is 7.15. The molecule has 2 aromatic rings. The zero-order valence-electron chi connectivity index (χ0n) is 13.6. The SMILES string of the molecule is CCc1ccc(OCC(=O)Nc2nc3c(s2)CC(C)CC3)cc1. The molecule has 1 aliphatic carbocycles. The highest BCUT2D eigenvalue weighted by Gasteiger charge is 2.20. The highest BCUT2D eigenvalue weighted by molar-refractivity contribution is 7.15. The summed E-state index contributed by atoms with van der Waals surface area (Å²) in [7, 11) is 0. The highest BCUT2D eigenvalue weighted by atomic mass is 32.1. The number of aryl methyl sites for hydroxylation is 2. The standard InChI is InChI=1S/C18H22N2O2S/c1-3-13-5-7-14(8-6-13)22-11-17(21)20-18-19-15-9-4-12(2)10-16(15)23-18/h5-8,12H,3-4,9-11H2,1-2H3,(H,19,20,21). The Kier molecular flexibility index (Phi) is 4.96. The fourth-order valence-electron chi connectivity index (χ4n) is 2.72. The Bertz CT molecular complexity index is 679. The molecule has 1 N–H and O–H groups in total. The number of thiazole rings is 1. The molecule has 0 radical (unpaired) electrons. The van der Waals surface area contributed by atoms with Gasteiger partial charge in [0.1, 0.15) is 5.75 Å². The van der Waals surface area contributed by atoms with Crippen LogP contribution >= 0.6 is 11.3 Å². The Morgan fingerprint density at radius 2 is 2.17 bits per heavy atom. The molecule has 4 nitrogen and oxygen atoms in total. The summed E-state index contributed by atoms with van der Waals surface area (Å²) >= 11 is 1.60. The van der Waals surface area contributed by atoms with Gasteiger partial charge in [0.05, 0.1) is 5.69 Å². The molecule has 0 spiro atoms. The van der Waals surface area contributed by atoms with Crippen molar-refractivity contribution in [2.75, 3.05) is 11.9 Å². The summed E-state index contributed by atoms with van der Waals surface area (Å²) < 4.78 is 5.52. The van der Waals surface area contributed by atoms with Crippen LogP contribution in [0.5, 0.6) is 5.75 Å².